The zero-order valence-corrected chi connectivity index (χ0v) is 13.5. The molecule has 1 unspecified atom stereocenters. The lowest BCUT2D eigenvalue weighted by molar-refractivity contribution is 0.128. The van der Waals surface area contributed by atoms with Gasteiger partial charge in [0.1, 0.15) is 18.2 Å². The minimum atomic E-state index is -0.377. The van der Waals surface area contributed by atoms with Gasteiger partial charge in [-0.05, 0) is 26.2 Å². The molecule has 0 radical (unpaired) electrons. The number of nitrogens with one attached hydrogen (secondary N) is 2. The summed E-state index contributed by atoms with van der Waals surface area (Å²) >= 11 is 0. The van der Waals surface area contributed by atoms with Crippen LogP contribution >= 0.6 is 0 Å². The van der Waals surface area contributed by atoms with Crippen LogP contribution in [0.5, 0.6) is 0 Å². The van der Waals surface area contributed by atoms with E-state index in [9.17, 15) is 5.11 Å². The predicted molar refractivity (Wildman–Crippen MR) is 85.5 cm³/mol. The van der Waals surface area contributed by atoms with Gasteiger partial charge in [-0.2, -0.15) is 0 Å². The molecule has 0 aromatic carbocycles. The van der Waals surface area contributed by atoms with E-state index in [1.807, 2.05) is 19.9 Å². The van der Waals surface area contributed by atoms with Gasteiger partial charge in [0.15, 0.2) is 5.82 Å². The van der Waals surface area contributed by atoms with Crippen LogP contribution < -0.4 is 10.6 Å². The fourth-order valence-corrected chi connectivity index (χ4v) is 1.97. The summed E-state index contributed by atoms with van der Waals surface area (Å²) in [7, 11) is 0. The zero-order chi connectivity index (χ0) is 15.7. The Morgan fingerprint density at radius 2 is 1.86 bits per heavy atom. The SMILES string of the molecule is CCNc1cc(NCC(O)CC(C)C)nc(COCC)n1. The van der Waals surface area contributed by atoms with Gasteiger partial charge in [-0.15, -0.1) is 0 Å². The van der Waals surface area contributed by atoms with Crippen LogP contribution in [0.15, 0.2) is 6.07 Å². The quantitative estimate of drug-likeness (QED) is 0.614. The first-order chi connectivity index (χ1) is 10.0. The Labute approximate surface area is 127 Å². The summed E-state index contributed by atoms with van der Waals surface area (Å²) in [5.74, 6) is 2.58. The Bertz CT molecular complexity index is 413. The number of aliphatic hydroxyl groups excluding tert-OH is 1. The summed E-state index contributed by atoms with van der Waals surface area (Å²) < 4.78 is 5.36. The molecule has 21 heavy (non-hydrogen) atoms. The highest BCUT2D eigenvalue weighted by molar-refractivity contribution is 5.47. The number of nitrogens with zero attached hydrogens (tertiary/aromatic N) is 2. The lowest BCUT2D eigenvalue weighted by Gasteiger charge is -2.15. The van der Waals surface area contributed by atoms with Crippen molar-refractivity contribution in [2.75, 3.05) is 30.3 Å². The van der Waals surface area contributed by atoms with Gasteiger partial charge in [0.05, 0.1) is 6.10 Å². The second-order valence-electron chi connectivity index (χ2n) is 5.39. The van der Waals surface area contributed by atoms with Crippen molar-refractivity contribution in [3.05, 3.63) is 11.9 Å². The maximum Gasteiger partial charge on any atom is 0.158 e. The molecule has 6 heteroatoms. The molecule has 6 nitrogen and oxygen atoms in total. The number of hydrogen-bond acceptors (Lipinski definition) is 6. The molecular formula is C15H28N4O2. The van der Waals surface area contributed by atoms with Gasteiger partial charge in [0, 0.05) is 25.8 Å². The van der Waals surface area contributed by atoms with Gasteiger partial charge in [-0.3, -0.25) is 0 Å². The lowest BCUT2D eigenvalue weighted by Crippen LogP contribution is -2.22. The predicted octanol–water partition coefficient (Wildman–Crippen LogP) is 2.26. The molecule has 0 fully saturated rings. The molecule has 0 aliphatic carbocycles. The summed E-state index contributed by atoms with van der Waals surface area (Å²) in [4.78, 5) is 8.79. The van der Waals surface area contributed by atoms with Crippen molar-refractivity contribution in [2.24, 2.45) is 5.92 Å². The van der Waals surface area contributed by atoms with E-state index in [1.165, 1.54) is 0 Å². The smallest absolute Gasteiger partial charge is 0.158 e. The van der Waals surface area contributed by atoms with E-state index in [-0.39, 0.29) is 6.10 Å². The normalized spacial score (nSPS) is 12.5. The molecule has 120 valence electrons. The maximum atomic E-state index is 9.92. The zero-order valence-electron chi connectivity index (χ0n) is 13.5. The number of ether oxygens (including phenoxy) is 1. The number of aliphatic hydroxyl groups is 1. The van der Waals surface area contributed by atoms with Gasteiger partial charge in [-0.25, -0.2) is 9.97 Å². The van der Waals surface area contributed by atoms with Gasteiger partial charge >= 0.3 is 0 Å². The van der Waals surface area contributed by atoms with Crippen LogP contribution in [0.4, 0.5) is 11.6 Å². The van der Waals surface area contributed by atoms with E-state index >= 15 is 0 Å². The highest BCUT2D eigenvalue weighted by Gasteiger charge is 2.09. The molecule has 1 rings (SSSR count). The van der Waals surface area contributed by atoms with Crippen LogP contribution in [-0.2, 0) is 11.3 Å². The molecule has 1 aromatic heterocycles. The van der Waals surface area contributed by atoms with E-state index in [4.69, 9.17) is 4.74 Å². The van der Waals surface area contributed by atoms with E-state index in [2.05, 4.69) is 34.4 Å². The molecular weight excluding hydrogens is 268 g/mol. The van der Waals surface area contributed by atoms with Crippen LogP contribution in [-0.4, -0.2) is 40.9 Å². The van der Waals surface area contributed by atoms with Crippen molar-refractivity contribution in [1.82, 2.24) is 9.97 Å². The fraction of sp³-hybridized carbons (Fsp3) is 0.733. The number of aromatic nitrogens is 2. The monoisotopic (exact) mass is 296 g/mol. The van der Waals surface area contributed by atoms with E-state index in [0.717, 1.165) is 18.8 Å². The Morgan fingerprint density at radius 1 is 1.19 bits per heavy atom. The van der Waals surface area contributed by atoms with Crippen molar-refractivity contribution < 1.29 is 9.84 Å². The van der Waals surface area contributed by atoms with E-state index in [1.54, 1.807) is 0 Å². The van der Waals surface area contributed by atoms with Crippen LogP contribution in [0, 0.1) is 5.92 Å². The summed E-state index contributed by atoms with van der Waals surface area (Å²) in [6.07, 6.45) is 0.391. The summed E-state index contributed by atoms with van der Waals surface area (Å²) in [5, 5.41) is 16.3. The van der Waals surface area contributed by atoms with Gasteiger partial charge in [0.2, 0.25) is 0 Å². The third-order valence-electron chi connectivity index (χ3n) is 2.83. The third-order valence-corrected chi connectivity index (χ3v) is 2.83. The summed E-state index contributed by atoms with van der Waals surface area (Å²) in [6, 6.07) is 1.85. The summed E-state index contributed by atoms with van der Waals surface area (Å²) in [6.45, 7) is 10.4. The number of hydrogen-bond donors (Lipinski definition) is 3. The summed E-state index contributed by atoms with van der Waals surface area (Å²) in [5.41, 5.74) is 0. The molecule has 1 heterocycles. The number of anilines is 2. The van der Waals surface area contributed by atoms with Crippen molar-refractivity contribution >= 4 is 11.6 Å². The molecule has 0 saturated heterocycles. The van der Waals surface area contributed by atoms with Crippen LogP contribution in [0.1, 0.15) is 39.9 Å². The minimum Gasteiger partial charge on any atom is -0.391 e. The first-order valence-electron chi connectivity index (χ1n) is 7.66. The number of rotatable bonds is 10. The molecule has 0 amide bonds. The van der Waals surface area contributed by atoms with E-state index in [0.29, 0.717) is 37.3 Å². The largest absolute Gasteiger partial charge is 0.391 e. The second kappa shape index (κ2) is 9.52. The highest BCUT2D eigenvalue weighted by Crippen LogP contribution is 2.13. The van der Waals surface area contributed by atoms with Gasteiger partial charge in [-0.1, -0.05) is 13.8 Å². The average Bonchev–Trinajstić information content (AvgIpc) is 2.42. The molecule has 1 atom stereocenters. The van der Waals surface area contributed by atoms with Crippen molar-refractivity contribution in [2.45, 2.75) is 46.8 Å². The Kier molecular flexibility index (Phi) is 8.00. The molecule has 3 N–H and O–H groups in total. The fourth-order valence-electron chi connectivity index (χ4n) is 1.97. The van der Waals surface area contributed by atoms with Crippen LogP contribution in [0.3, 0.4) is 0 Å². The van der Waals surface area contributed by atoms with Gasteiger partial charge in [0.25, 0.3) is 0 Å². The maximum absolute atomic E-state index is 9.92. The average molecular weight is 296 g/mol. The van der Waals surface area contributed by atoms with Gasteiger partial charge < -0.3 is 20.5 Å². The Balaban J connectivity index is 2.68. The van der Waals surface area contributed by atoms with Crippen molar-refractivity contribution in [3.63, 3.8) is 0 Å². The molecule has 1 aromatic rings. The van der Waals surface area contributed by atoms with E-state index < -0.39 is 0 Å². The first kappa shape index (κ1) is 17.7. The molecule has 0 bridgehead atoms. The molecule has 0 saturated carbocycles. The minimum absolute atomic E-state index is 0.377. The molecule has 0 aliphatic heterocycles. The lowest BCUT2D eigenvalue weighted by atomic mass is 10.1. The Hall–Kier alpha value is -1.40. The third kappa shape index (κ3) is 7.24. The van der Waals surface area contributed by atoms with Crippen LogP contribution in [0.2, 0.25) is 0 Å². The van der Waals surface area contributed by atoms with Crippen LogP contribution in [0.25, 0.3) is 0 Å². The topological polar surface area (TPSA) is 79.3 Å². The molecule has 0 aliphatic rings. The Morgan fingerprint density at radius 3 is 2.43 bits per heavy atom. The standard InChI is InChI=1S/C15H28N4O2/c1-5-16-13-8-14(17-9-12(20)7-11(3)4)19-15(18-13)10-21-6-2/h8,11-12,20H,5-7,9-10H2,1-4H3,(H2,16,17,18,19). The highest BCUT2D eigenvalue weighted by atomic mass is 16.5. The first-order valence-corrected chi connectivity index (χ1v) is 7.66. The van der Waals surface area contributed by atoms with Crippen molar-refractivity contribution in [1.29, 1.82) is 0 Å². The molecule has 0 spiro atoms. The van der Waals surface area contributed by atoms with Crippen molar-refractivity contribution in [3.8, 4) is 0 Å². The second-order valence-corrected chi connectivity index (χ2v) is 5.39.